The molecule has 3 nitrogen and oxygen atoms in total. The lowest BCUT2D eigenvalue weighted by Gasteiger charge is -2.13. The molecule has 116 valence electrons. The summed E-state index contributed by atoms with van der Waals surface area (Å²) in [5.41, 5.74) is 0.606. The molecule has 0 spiro atoms. The van der Waals surface area contributed by atoms with E-state index in [0.29, 0.717) is 6.07 Å². The van der Waals surface area contributed by atoms with Crippen LogP contribution >= 0.6 is 0 Å². The van der Waals surface area contributed by atoms with Gasteiger partial charge >= 0.3 is 0 Å². The fourth-order valence-electron chi connectivity index (χ4n) is 2.02. The van der Waals surface area contributed by atoms with E-state index >= 15 is 0 Å². The van der Waals surface area contributed by atoms with Crippen LogP contribution in [0.3, 0.4) is 0 Å². The number of carbonyl (C=O) groups excluding carboxylic acids is 1. The van der Waals surface area contributed by atoms with Crippen molar-refractivity contribution in [2.75, 3.05) is 0 Å². The molecule has 0 saturated heterocycles. The second-order valence-corrected chi connectivity index (χ2v) is 4.94. The highest BCUT2D eigenvalue weighted by atomic mass is 19.1. The van der Waals surface area contributed by atoms with E-state index in [-0.39, 0.29) is 17.2 Å². The molecule has 23 heavy (non-hydrogen) atoms. The number of rotatable bonds is 4. The summed E-state index contributed by atoms with van der Waals surface area (Å²) >= 11 is 0. The molecule has 0 radical (unpaired) electrons. The summed E-state index contributed by atoms with van der Waals surface area (Å²) in [4.78, 5) is 12.1. The van der Waals surface area contributed by atoms with Gasteiger partial charge in [0.2, 0.25) is 0 Å². The molecule has 2 rings (SSSR count). The van der Waals surface area contributed by atoms with Crippen LogP contribution in [-0.4, -0.2) is 5.91 Å². The van der Waals surface area contributed by atoms with Crippen molar-refractivity contribution in [1.29, 1.82) is 5.26 Å². The highest BCUT2D eigenvalue weighted by molar-refractivity contribution is 6.01. The zero-order chi connectivity index (χ0) is 16.8. The quantitative estimate of drug-likeness (QED) is 0.690. The summed E-state index contributed by atoms with van der Waals surface area (Å²) in [5, 5.41) is 11.8. The van der Waals surface area contributed by atoms with Crippen molar-refractivity contribution in [1.82, 2.24) is 5.32 Å². The molecule has 0 heterocycles. The number of halogens is 2. The minimum atomic E-state index is -0.832. The Kier molecular flexibility index (Phi) is 5.21. The summed E-state index contributed by atoms with van der Waals surface area (Å²) in [7, 11) is 0. The maximum atomic E-state index is 13.6. The molecule has 0 bridgehead atoms. The van der Waals surface area contributed by atoms with Crippen LogP contribution in [0.25, 0.3) is 6.08 Å². The first-order valence-electron chi connectivity index (χ1n) is 6.94. The van der Waals surface area contributed by atoms with Gasteiger partial charge in [-0.05, 0) is 30.7 Å². The van der Waals surface area contributed by atoms with E-state index in [4.69, 9.17) is 5.26 Å². The largest absolute Gasteiger partial charge is 0.345 e. The van der Waals surface area contributed by atoms with Crippen molar-refractivity contribution in [3.05, 3.63) is 76.9 Å². The highest BCUT2D eigenvalue weighted by Gasteiger charge is 2.14. The van der Waals surface area contributed by atoms with Crippen LogP contribution in [0.4, 0.5) is 8.78 Å². The van der Waals surface area contributed by atoms with E-state index in [1.54, 1.807) is 13.0 Å². The summed E-state index contributed by atoms with van der Waals surface area (Å²) in [5.74, 6) is -2.17. The van der Waals surface area contributed by atoms with Crippen LogP contribution < -0.4 is 5.32 Å². The molecule has 1 unspecified atom stereocenters. The van der Waals surface area contributed by atoms with Crippen molar-refractivity contribution < 1.29 is 13.6 Å². The molecule has 0 fully saturated rings. The molecule has 2 aromatic carbocycles. The zero-order valence-electron chi connectivity index (χ0n) is 12.4. The summed E-state index contributed by atoms with van der Waals surface area (Å²) in [6.07, 6.45) is 1.10. The van der Waals surface area contributed by atoms with Gasteiger partial charge in [-0.3, -0.25) is 4.79 Å². The smallest absolute Gasteiger partial charge is 0.262 e. The molecule has 5 heteroatoms. The van der Waals surface area contributed by atoms with E-state index in [1.807, 2.05) is 30.3 Å². The number of amides is 1. The summed E-state index contributed by atoms with van der Waals surface area (Å²) in [6.45, 7) is 1.78. The second-order valence-electron chi connectivity index (χ2n) is 4.94. The van der Waals surface area contributed by atoms with E-state index in [0.717, 1.165) is 17.7 Å². The number of nitriles is 1. The topological polar surface area (TPSA) is 52.9 Å². The van der Waals surface area contributed by atoms with Gasteiger partial charge in [0.05, 0.1) is 6.04 Å². The third-order valence-corrected chi connectivity index (χ3v) is 3.27. The van der Waals surface area contributed by atoms with E-state index < -0.39 is 17.5 Å². The van der Waals surface area contributed by atoms with Crippen molar-refractivity contribution in [3.8, 4) is 6.07 Å². The molecule has 2 aromatic rings. The average Bonchev–Trinajstić information content (AvgIpc) is 2.54. The van der Waals surface area contributed by atoms with E-state index in [1.165, 1.54) is 6.07 Å². The fraction of sp³-hybridized carbons (Fsp3) is 0.111. The minimum absolute atomic E-state index is 0.0227. The Labute approximate surface area is 132 Å². The first-order valence-corrected chi connectivity index (χ1v) is 6.94. The number of benzene rings is 2. The van der Waals surface area contributed by atoms with E-state index in [2.05, 4.69) is 5.32 Å². The van der Waals surface area contributed by atoms with Crippen molar-refractivity contribution >= 4 is 12.0 Å². The first-order chi connectivity index (χ1) is 11.0. The SMILES string of the molecule is CC(NC(=O)/C(C#N)=C\c1ccc(F)cc1F)c1ccccc1. The predicted molar refractivity (Wildman–Crippen MR) is 82.9 cm³/mol. The molecule has 1 atom stereocenters. The third kappa shape index (κ3) is 4.24. The van der Waals surface area contributed by atoms with Gasteiger partial charge in [0, 0.05) is 11.6 Å². The summed E-state index contributed by atoms with van der Waals surface area (Å²) in [6, 6.07) is 13.6. The lowest BCUT2D eigenvalue weighted by atomic mass is 10.1. The number of nitrogens with one attached hydrogen (secondary N) is 1. The summed E-state index contributed by atoms with van der Waals surface area (Å²) < 4.78 is 26.5. The Morgan fingerprint density at radius 2 is 1.91 bits per heavy atom. The van der Waals surface area contributed by atoms with Crippen molar-refractivity contribution in [3.63, 3.8) is 0 Å². The number of hydrogen-bond acceptors (Lipinski definition) is 2. The van der Waals surface area contributed by atoms with Gasteiger partial charge in [-0.15, -0.1) is 0 Å². The minimum Gasteiger partial charge on any atom is -0.345 e. The first kappa shape index (κ1) is 16.4. The Balaban J connectivity index is 2.19. The van der Waals surface area contributed by atoms with Crippen LogP contribution in [0.15, 0.2) is 54.1 Å². The maximum absolute atomic E-state index is 13.6. The Morgan fingerprint density at radius 3 is 2.52 bits per heavy atom. The normalized spacial score (nSPS) is 12.3. The molecule has 0 saturated carbocycles. The van der Waals surface area contributed by atoms with Crippen LogP contribution in [0.1, 0.15) is 24.1 Å². The van der Waals surface area contributed by atoms with Gasteiger partial charge in [0.25, 0.3) is 5.91 Å². The predicted octanol–water partition coefficient (Wildman–Crippen LogP) is 3.75. The molecular formula is C18H14F2N2O. The van der Waals surface area contributed by atoms with Gasteiger partial charge in [0.15, 0.2) is 0 Å². The second kappa shape index (κ2) is 7.32. The Morgan fingerprint density at radius 1 is 1.22 bits per heavy atom. The van der Waals surface area contributed by atoms with Crippen LogP contribution in [0, 0.1) is 23.0 Å². The van der Waals surface area contributed by atoms with Crippen LogP contribution in [0.5, 0.6) is 0 Å². The number of carbonyl (C=O) groups is 1. The Hall–Kier alpha value is -3.00. The standard InChI is InChI=1S/C18H14F2N2O/c1-12(13-5-3-2-4-6-13)22-18(23)15(11-21)9-14-7-8-16(19)10-17(14)20/h2-10,12H,1H3,(H,22,23)/b15-9-. The molecular weight excluding hydrogens is 298 g/mol. The fourth-order valence-corrected chi connectivity index (χ4v) is 2.02. The monoisotopic (exact) mass is 312 g/mol. The Bertz CT molecular complexity index is 779. The molecule has 1 amide bonds. The lowest BCUT2D eigenvalue weighted by molar-refractivity contribution is -0.117. The molecule has 0 aliphatic rings. The zero-order valence-corrected chi connectivity index (χ0v) is 12.4. The highest BCUT2D eigenvalue weighted by Crippen LogP contribution is 2.15. The van der Waals surface area contributed by atoms with Gasteiger partial charge in [-0.1, -0.05) is 30.3 Å². The third-order valence-electron chi connectivity index (χ3n) is 3.27. The van der Waals surface area contributed by atoms with Crippen LogP contribution in [0.2, 0.25) is 0 Å². The van der Waals surface area contributed by atoms with Gasteiger partial charge in [0.1, 0.15) is 23.3 Å². The maximum Gasteiger partial charge on any atom is 0.262 e. The van der Waals surface area contributed by atoms with Gasteiger partial charge in [-0.25, -0.2) is 8.78 Å². The van der Waals surface area contributed by atoms with Crippen LogP contribution in [-0.2, 0) is 4.79 Å². The van der Waals surface area contributed by atoms with Crippen molar-refractivity contribution in [2.24, 2.45) is 0 Å². The number of nitrogens with zero attached hydrogens (tertiary/aromatic N) is 1. The van der Waals surface area contributed by atoms with E-state index in [9.17, 15) is 13.6 Å². The average molecular weight is 312 g/mol. The van der Waals surface area contributed by atoms with Gasteiger partial charge < -0.3 is 5.32 Å². The van der Waals surface area contributed by atoms with Crippen molar-refractivity contribution in [2.45, 2.75) is 13.0 Å². The lowest BCUT2D eigenvalue weighted by Crippen LogP contribution is -2.27. The molecule has 0 aromatic heterocycles. The molecule has 0 aliphatic carbocycles. The number of hydrogen-bond donors (Lipinski definition) is 1. The molecule has 1 N–H and O–H groups in total. The van der Waals surface area contributed by atoms with Gasteiger partial charge in [-0.2, -0.15) is 5.26 Å². The molecule has 0 aliphatic heterocycles.